The van der Waals surface area contributed by atoms with Crippen molar-refractivity contribution < 1.29 is 14.0 Å². The molecule has 1 fully saturated rings. The molecule has 1 atom stereocenters. The van der Waals surface area contributed by atoms with Crippen molar-refractivity contribution in [1.29, 1.82) is 0 Å². The summed E-state index contributed by atoms with van der Waals surface area (Å²) in [5, 5.41) is 9.25. The summed E-state index contributed by atoms with van der Waals surface area (Å²) < 4.78 is 15.4. The van der Waals surface area contributed by atoms with Gasteiger partial charge in [-0.3, -0.25) is 19.1 Å². The maximum atomic E-state index is 13.5. The van der Waals surface area contributed by atoms with Crippen molar-refractivity contribution in [2.75, 3.05) is 31.3 Å². The number of halogens is 1. The first kappa shape index (κ1) is 23.1. The van der Waals surface area contributed by atoms with E-state index in [-0.39, 0.29) is 29.3 Å². The van der Waals surface area contributed by atoms with Crippen molar-refractivity contribution in [2.45, 2.75) is 31.0 Å². The lowest BCUT2D eigenvalue weighted by Gasteiger charge is -2.20. The van der Waals surface area contributed by atoms with Crippen molar-refractivity contribution in [2.24, 2.45) is 0 Å². The standard InChI is InChI=1S/C24H26FN5O2S/c1-16(28(2)3)23-26-27-24(30(23)19-11-9-18(25)10-12-19)33-15-21(31)17-6-4-7-20(14-17)29-13-5-8-22(29)32/h4,6-7,9-12,14,16H,5,8,13,15H2,1-3H3/t16-/m1/s1. The fraction of sp³-hybridized carbons (Fsp3) is 0.333. The Morgan fingerprint density at radius 3 is 2.58 bits per heavy atom. The molecule has 4 rings (SSSR count). The number of hydrogen-bond acceptors (Lipinski definition) is 6. The van der Waals surface area contributed by atoms with Crippen LogP contribution in [0.25, 0.3) is 5.69 Å². The van der Waals surface area contributed by atoms with Crippen LogP contribution in [-0.2, 0) is 4.79 Å². The van der Waals surface area contributed by atoms with Crippen molar-refractivity contribution in [3.05, 3.63) is 65.7 Å². The van der Waals surface area contributed by atoms with Gasteiger partial charge in [-0.05, 0) is 63.8 Å². The van der Waals surface area contributed by atoms with Gasteiger partial charge in [-0.15, -0.1) is 10.2 Å². The summed E-state index contributed by atoms with van der Waals surface area (Å²) in [4.78, 5) is 28.8. The highest BCUT2D eigenvalue weighted by atomic mass is 32.2. The third-order valence-corrected chi connectivity index (χ3v) is 6.71. The van der Waals surface area contributed by atoms with Crippen LogP contribution in [0.5, 0.6) is 0 Å². The van der Waals surface area contributed by atoms with Crippen LogP contribution in [0.2, 0.25) is 0 Å². The van der Waals surface area contributed by atoms with E-state index in [1.165, 1.54) is 23.9 Å². The average Bonchev–Trinajstić information content (AvgIpc) is 3.43. The normalized spacial score (nSPS) is 14.8. The molecular weight excluding hydrogens is 441 g/mol. The zero-order valence-corrected chi connectivity index (χ0v) is 19.7. The van der Waals surface area contributed by atoms with Gasteiger partial charge in [-0.25, -0.2) is 4.39 Å². The third kappa shape index (κ3) is 4.99. The molecule has 0 spiro atoms. The van der Waals surface area contributed by atoms with Crippen LogP contribution in [0.3, 0.4) is 0 Å². The van der Waals surface area contributed by atoms with E-state index in [0.29, 0.717) is 29.5 Å². The molecule has 0 radical (unpaired) electrons. The Bertz CT molecular complexity index is 1160. The average molecular weight is 468 g/mol. The lowest BCUT2D eigenvalue weighted by molar-refractivity contribution is -0.117. The molecule has 0 N–H and O–H groups in total. The van der Waals surface area contributed by atoms with E-state index in [1.807, 2.05) is 36.6 Å². The van der Waals surface area contributed by atoms with Crippen LogP contribution in [0.1, 0.15) is 42.0 Å². The van der Waals surface area contributed by atoms with E-state index < -0.39 is 0 Å². The maximum Gasteiger partial charge on any atom is 0.227 e. The molecule has 2 aromatic carbocycles. The first-order chi connectivity index (χ1) is 15.8. The second-order valence-electron chi connectivity index (χ2n) is 8.20. The van der Waals surface area contributed by atoms with Gasteiger partial charge in [0.05, 0.1) is 11.8 Å². The molecular formula is C24H26FN5O2S. The van der Waals surface area contributed by atoms with Crippen LogP contribution < -0.4 is 4.90 Å². The molecule has 1 aliphatic heterocycles. The summed E-state index contributed by atoms with van der Waals surface area (Å²) in [6.45, 7) is 2.69. The summed E-state index contributed by atoms with van der Waals surface area (Å²) in [7, 11) is 3.89. The second kappa shape index (κ2) is 9.84. The highest BCUT2D eigenvalue weighted by Crippen LogP contribution is 2.28. The Kier molecular flexibility index (Phi) is 6.90. The van der Waals surface area contributed by atoms with E-state index in [9.17, 15) is 14.0 Å². The summed E-state index contributed by atoms with van der Waals surface area (Å²) >= 11 is 1.28. The van der Waals surface area contributed by atoms with Crippen LogP contribution in [0.4, 0.5) is 10.1 Å². The zero-order chi connectivity index (χ0) is 23.5. The second-order valence-corrected chi connectivity index (χ2v) is 9.15. The molecule has 7 nitrogen and oxygen atoms in total. The number of hydrogen-bond donors (Lipinski definition) is 0. The number of nitrogens with zero attached hydrogens (tertiary/aromatic N) is 5. The molecule has 1 saturated heterocycles. The Morgan fingerprint density at radius 1 is 1.15 bits per heavy atom. The Balaban J connectivity index is 1.56. The highest BCUT2D eigenvalue weighted by molar-refractivity contribution is 7.99. The first-order valence-electron chi connectivity index (χ1n) is 10.8. The number of benzene rings is 2. The lowest BCUT2D eigenvalue weighted by atomic mass is 10.1. The maximum absolute atomic E-state index is 13.5. The summed E-state index contributed by atoms with van der Waals surface area (Å²) in [6.07, 6.45) is 1.38. The molecule has 33 heavy (non-hydrogen) atoms. The Labute approximate surface area is 196 Å². The van der Waals surface area contributed by atoms with Gasteiger partial charge in [0, 0.05) is 29.9 Å². The van der Waals surface area contributed by atoms with Crippen LogP contribution in [0, 0.1) is 5.82 Å². The molecule has 9 heteroatoms. The molecule has 1 amide bonds. The van der Waals surface area contributed by atoms with Gasteiger partial charge in [0.2, 0.25) is 5.91 Å². The fourth-order valence-corrected chi connectivity index (χ4v) is 4.54. The van der Waals surface area contributed by atoms with Gasteiger partial charge in [0.25, 0.3) is 0 Å². The predicted octanol–water partition coefficient (Wildman–Crippen LogP) is 4.13. The van der Waals surface area contributed by atoms with Gasteiger partial charge >= 0.3 is 0 Å². The van der Waals surface area contributed by atoms with E-state index >= 15 is 0 Å². The van der Waals surface area contributed by atoms with Gasteiger partial charge in [0.1, 0.15) is 5.82 Å². The number of rotatable bonds is 8. The van der Waals surface area contributed by atoms with E-state index in [4.69, 9.17) is 0 Å². The largest absolute Gasteiger partial charge is 0.312 e. The molecule has 2 heterocycles. The first-order valence-corrected chi connectivity index (χ1v) is 11.8. The van der Waals surface area contributed by atoms with Gasteiger partial charge in [-0.1, -0.05) is 23.9 Å². The fourth-order valence-electron chi connectivity index (χ4n) is 3.69. The Morgan fingerprint density at radius 2 is 1.91 bits per heavy atom. The smallest absolute Gasteiger partial charge is 0.227 e. The number of carbonyl (C=O) groups is 2. The van der Waals surface area contributed by atoms with Gasteiger partial charge in [-0.2, -0.15) is 0 Å². The van der Waals surface area contributed by atoms with Crippen LogP contribution in [0.15, 0.2) is 53.7 Å². The van der Waals surface area contributed by atoms with E-state index in [2.05, 4.69) is 10.2 Å². The number of amides is 1. The summed E-state index contributed by atoms with van der Waals surface area (Å²) in [5.41, 5.74) is 2.04. The number of ketones is 1. The summed E-state index contributed by atoms with van der Waals surface area (Å²) in [6, 6.07) is 13.3. The van der Waals surface area contributed by atoms with Crippen molar-refractivity contribution in [3.8, 4) is 5.69 Å². The quantitative estimate of drug-likeness (QED) is 0.366. The highest BCUT2D eigenvalue weighted by Gasteiger charge is 2.24. The molecule has 0 bridgehead atoms. The SMILES string of the molecule is C[C@H](c1nnc(SCC(=O)c2cccc(N3CCCC3=O)c2)n1-c1ccc(F)cc1)N(C)C. The Hall–Kier alpha value is -3.04. The van der Waals surface area contributed by atoms with Crippen LogP contribution in [-0.4, -0.2) is 57.7 Å². The monoisotopic (exact) mass is 467 g/mol. The lowest BCUT2D eigenvalue weighted by Crippen LogP contribution is -2.23. The minimum Gasteiger partial charge on any atom is -0.312 e. The molecule has 172 valence electrons. The number of thioether (sulfide) groups is 1. The molecule has 0 aliphatic carbocycles. The van der Waals surface area contributed by atoms with Gasteiger partial charge in [0.15, 0.2) is 16.8 Å². The number of Topliss-reactive ketones (excluding diaryl/α,β-unsaturated/α-hetero) is 1. The van der Waals surface area contributed by atoms with E-state index in [0.717, 1.165) is 17.8 Å². The molecule has 3 aromatic rings. The third-order valence-electron chi connectivity index (χ3n) is 5.78. The molecule has 1 aliphatic rings. The van der Waals surface area contributed by atoms with E-state index in [1.54, 1.807) is 35.2 Å². The summed E-state index contributed by atoms with van der Waals surface area (Å²) in [5.74, 6) is 0.562. The van der Waals surface area contributed by atoms with Gasteiger partial charge < -0.3 is 4.90 Å². The zero-order valence-electron chi connectivity index (χ0n) is 18.9. The van der Waals surface area contributed by atoms with Crippen molar-refractivity contribution >= 4 is 29.1 Å². The number of carbonyl (C=O) groups excluding carboxylic acids is 2. The number of anilines is 1. The van der Waals surface area contributed by atoms with Crippen molar-refractivity contribution in [3.63, 3.8) is 0 Å². The topological polar surface area (TPSA) is 71.3 Å². The molecule has 0 saturated carbocycles. The minimum atomic E-state index is -0.324. The van der Waals surface area contributed by atoms with Crippen LogP contribution >= 0.6 is 11.8 Å². The van der Waals surface area contributed by atoms with Crippen molar-refractivity contribution in [1.82, 2.24) is 19.7 Å². The minimum absolute atomic E-state index is 0.0396. The predicted molar refractivity (Wildman–Crippen MR) is 127 cm³/mol. The molecule has 1 aromatic heterocycles. The number of aromatic nitrogens is 3. The molecule has 0 unspecified atom stereocenters.